The van der Waals surface area contributed by atoms with Crippen LogP contribution in [0.1, 0.15) is 12.0 Å². The van der Waals surface area contributed by atoms with Gasteiger partial charge in [0.25, 0.3) is 5.69 Å². The van der Waals surface area contributed by atoms with Crippen molar-refractivity contribution in [1.82, 2.24) is 4.31 Å². The summed E-state index contributed by atoms with van der Waals surface area (Å²) in [6.07, 6.45) is 0.604. The van der Waals surface area contributed by atoms with Crippen LogP contribution in [-0.4, -0.2) is 36.8 Å². The second-order valence-corrected chi connectivity index (χ2v) is 6.53. The van der Waals surface area contributed by atoms with Crippen LogP contribution in [0.5, 0.6) is 0 Å². The fourth-order valence-corrected chi connectivity index (χ4v) is 3.85. The van der Waals surface area contributed by atoms with E-state index in [0.717, 1.165) is 6.07 Å². The molecule has 1 atom stereocenters. The molecule has 19 heavy (non-hydrogen) atoms. The van der Waals surface area contributed by atoms with Gasteiger partial charge in [-0.2, -0.15) is 4.31 Å². The van der Waals surface area contributed by atoms with Gasteiger partial charge in [-0.3, -0.25) is 10.1 Å². The molecule has 0 radical (unpaired) electrons. The van der Waals surface area contributed by atoms with Gasteiger partial charge >= 0.3 is 0 Å². The van der Waals surface area contributed by atoms with Crippen molar-refractivity contribution >= 4 is 15.7 Å². The van der Waals surface area contributed by atoms with Crippen molar-refractivity contribution in [2.75, 3.05) is 13.1 Å². The highest BCUT2D eigenvalue weighted by Gasteiger charge is 2.32. The lowest BCUT2D eigenvalue weighted by Crippen LogP contribution is -2.32. The maximum Gasteiger partial charge on any atom is 0.270 e. The average molecular weight is 285 g/mol. The maximum absolute atomic E-state index is 12.4. The molecule has 2 N–H and O–H groups in total. The van der Waals surface area contributed by atoms with Crippen LogP contribution < -0.4 is 5.73 Å². The van der Waals surface area contributed by atoms with Crippen LogP contribution in [0.25, 0.3) is 0 Å². The molecule has 1 saturated heterocycles. The summed E-state index contributed by atoms with van der Waals surface area (Å²) in [5, 5.41) is 10.7. The number of aryl methyl sites for hydroxylation is 1. The molecule has 1 aliphatic rings. The number of sulfonamides is 1. The highest BCUT2D eigenvalue weighted by atomic mass is 32.2. The van der Waals surface area contributed by atoms with E-state index in [-0.39, 0.29) is 23.2 Å². The highest BCUT2D eigenvalue weighted by Crippen LogP contribution is 2.26. The van der Waals surface area contributed by atoms with E-state index in [4.69, 9.17) is 5.73 Å². The lowest BCUT2D eigenvalue weighted by Gasteiger charge is -2.17. The van der Waals surface area contributed by atoms with E-state index in [0.29, 0.717) is 18.5 Å². The van der Waals surface area contributed by atoms with Crippen LogP contribution >= 0.6 is 0 Å². The predicted octanol–water partition coefficient (Wildman–Crippen LogP) is 0.625. The minimum Gasteiger partial charge on any atom is -0.326 e. The van der Waals surface area contributed by atoms with Gasteiger partial charge in [0.1, 0.15) is 0 Å². The van der Waals surface area contributed by atoms with Gasteiger partial charge in [0.15, 0.2) is 0 Å². The summed E-state index contributed by atoms with van der Waals surface area (Å²) < 4.78 is 26.1. The summed E-state index contributed by atoms with van der Waals surface area (Å²) >= 11 is 0. The normalized spacial score (nSPS) is 20.6. The Morgan fingerprint density at radius 2 is 2.16 bits per heavy atom. The molecule has 1 aliphatic heterocycles. The van der Waals surface area contributed by atoms with E-state index >= 15 is 0 Å². The molecular formula is C11H15N3O4S. The Hall–Kier alpha value is -1.51. The SMILES string of the molecule is Cc1ccc([N+](=O)[O-])cc1S(=O)(=O)N1CC[C@H](N)C1. The zero-order valence-corrected chi connectivity index (χ0v) is 11.3. The molecule has 0 aliphatic carbocycles. The standard InChI is InChI=1S/C11H15N3O4S/c1-8-2-3-10(14(15)16)6-11(8)19(17,18)13-5-4-9(12)7-13/h2-3,6,9H,4-5,7,12H2,1H3/t9-/m0/s1. The zero-order valence-electron chi connectivity index (χ0n) is 10.4. The molecular weight excluding hydrogens is 270 g/mol. The van der Waals surface area contributed by atoms with Crippen LogP contribution in [-0.2, 0) is 10.0 Å². The molecule has 0 spiro atoms. The number of hydrogen-bond acceptors (Lipinski definition) is 5. The second-order valence-electron chi connectivity index (χ2n) is 4.62. The van der Waals surface area contributed by atoms with Gasteiger partial charge in [-0.05, 0) is 18.9 Å². The predicted molar refractivity (Wildman–Crippen MR) is 69.2 cm³/mol. The number of hydrogen-bond donors (Lipinski definition) is 1. The first-order valence-corrected chi connectivity index (χ1v) is 7.27. The van der Waals surface area contributed by atoms with Crippen LogP contribution in [0.3, 0.4) is 0 Å². The quantitative estimate of drug-likeness (QED) is 0.647. The van der Waals surface area contributed by atoms with E-state index in [2.05, 4.69) is 0 Å². The van der Waals surface area contributed by atoms with E-state index in [9.17, 15) is 18.5 Å². The lowest BCUT2D eigenvalue weighted by molar-refractivity contribution is -0.385. The number of nitrogens with zero attached hydrogens (tertiary/aromatic N) is 2. The molecule has 1 aromatic rings. The first-order valence-electron chi connectivity index (χ1n) is 5.83. The third kappa shape index (κ3) is 2.60. The van der Waals surface area contributed by atoms with Crippen LogP contribution in [0.4, 0.5) is 5.69 Å². The Morgan fingerprint density at radius 1 is 1.47 bits per heavy atom. The van der Waals surface area contributed by atoms with Crippen molar-refractivity contribution in [3.8, 4) is 0 Å². The molecule has 0 unspecified atom stereocenters. The van der Waals surface area contributed by atoms with Gasteiger partial charge in [-0.25, -0.2) is 8.42 Å². The molecule has 1 heterocycles. The smallest absolute Gasteiger partial charge is 0.270 e. The zero-order chi connectivity index (χ0) is 14.2. The molecule has 7 nitrogen and oxygen atoms in total. The van der Waals surface area contributed by atoms with Crippen LogP contribution in [0.15, 0.2) is 23.1 Å². The number of nitro groups is 1. The number of nitro benzene ring substituents is 1. The van der Waals surface area contributed by atoms with Gasteiger partial charge in [-0.15, -0.1) is 0 Å². The van der Waals surface area contributed by atoms with Gasteiger partial charge in [0.2, 0.25) is 10.0 Å². The fraction of sp³-hybridized carbons (Fsp3) is 0.455. The molecule has 8 heteroatoms. The number of non-ortho nitro benzene ring substituents is 1. The van der Waals surface area contributed by atoms with Crippen LogP contribution in [0, 0.1) is 17.0 Å². The van der Waals surface area contributed by atoms with Crippen molar-refractivity contribution < 1.29 is 13.3 Å². The molecule has 0 amide bonds. The van der Waals surface area contributed by atoms with Gasteiger partial charge in [0, 0.05) is 31.3 Å². The second kappa shape index (κ2) is 4.87. The number of nitrogens with two attached hydrogens (primary N) is 1. The lowest BCUT2D eigenvalue weighted by atomic mass is 10.2. The Kier molecular flexibility index (Phi) is 3.57. The first kappa shape index (κ1) is 13.9. The molecule has 1 aromatic carbocycles. The van der Waals surface area contributed by atoms with E-state index in [1.54, 1.807) is 6.92 Å². The summed E-state index contributed by atoms with van der Waals surface area (Å²) in [6, 6.07) is 3.67. The average Bonchev–Trinajstić information content (AvgIpc) is 2.76. The van der Waals surface area contributed by atoms with Gasteiger partial charge in [-0.1, -0.05) is 6.07 Å². The number of benzene rings is 1. The molecule has 1 fully saturated rings. The molecule has 104 valence electrons. The summed E-state index contributed by atoms with van der Waals surface area (Å²) in [5.41, 5.74) is 5.96. The summed E-state index contributed by atoms with van der Waals surface area (Å²) in [6.45, 7) is 2.22. The Balaban J connectivity index is 2.45. The van der Waals surface area contributed by atoms with Crippen molar-refractivity contribution in [2.45, 2.75) is 24.3 Å². The van der Waals surface area contributed by atoms with Crippen molar-refractivity contribution in [1.29, 1.82) is 0 Å². The van der Waals surface area contributed by atoms with Crippen molar-refractivity contribution in [3.05, 3.63) is 33.9 Å². The monoisotopic (exact) mass is 285 g/mol. The van der Waals surface area contributed by atoms with Gasteiger partial charge < -0.3 is 5.73 Å². The molecule has 0 saturated carbocycles. The van der Waals surface area contributed by atoms with Crippen molar-refractivity contribution in [3.63, 3.8) is 0 Å². The highest BCUT2D eigenvalue weighted by molar-refractivity contribution is 7.89. The minimum absolute atomic E-state index is 0.0178. The fourth-order valence-electron chi connectivity index (χ4n) is 2.09. The van der Waals surface area contributed by atoms with E-state index < -0.39 is 14.9 Å². The summed E-state index contributed by atoms with van der Waals surface area (Å²) in [7, 11) is -3.71. The number of rotatable bonds is 3. The van der Waals surface area contributed by atoms with Crippen LogP contribution in [0.2, 0.25) is 0 Å². The van der Waals surface area contributed by atoms with Crippen molar-refractivity contribution in [2.24, 2.45) is 5.73 Å². The third-order valence-electron chi connectivity index (χ3n) is 3.19. The minimum atomic E-state index is -3.71. The van der Waals surface area contributed by atoms with E-state index in [1.807, 2.05) is 0 Å². The summed E-state index contributed by atoms with van der Waals surface area (Å²) in [5.74, 6) is 0. The molecule has 0 bridgehead atoms. The topological polar surface area (TPSA) is 107 Å². The molecule has 0 aromatic heterocycles. The van der Waals surface area contributed by atoms with E-state index in [1.165, 1.54) is 16.4 Å². The Bertz CT molecular complexity index is 614. The molecule has 2 rings (SSSR count). The Morgan fingerprint density at radius 3 is 2.68 bits per heavy atom. The Labute approximate surface area is 111 Å². The van der Waals surface area contributed by atoms with Gasteiger partial charge in [0.05, 0.1) is 9.82 Å². The maximum atomic E-state index is 12.4. The largest absolute Gasteiger partial charge is 0.326 e. The summed E-state index contributed by atoms with van der Waals surface area (Å²) in [4.78, 5) is 10.1. The first-order chi connectivity index (χ1) is 8.82. The third-order valence-corrected chi connectivity index (χ3v) is 5.19.